The number of hydrogen-bond acceptors (Lipinski definition) is 6. The van der Waals surface area contributed by atoms with Gasteiger partial charge in [0.1, 0.15) is 10.7 Å². The van der Waals surface area contributed by atoms with Crippen LogP contribution in [0.3, 0.4) is 0 Å². The second-order valence-corrected chi connectivity index (χ2v) is 10.4. The first-order valence-corrected chi connectivity index (χ1v) is 12.7. The molecule has 2 aromatic rings. The molecule has 1 aliphatic heterocycles. The van der Waals surface area contributed by atoms with Crippen LogP contribution in [-0.2, 0) is 10.0 Å². The lowest BCUT2D eigenvalue weighted by atomic mass is 10.0. The summed E-state index contributed by atoms with van der Waals surface area (Å²) in [6, 6.07) is 2.12. The van der Waals surface area contributed by atoms with Crippen molar-refractivity contribution < 1.29 is 21.6 Å². The van der Waals surface area contributed by atoms with Gasteiger partial charge in [-0.3, -0.25) is 4.72 Å². The Morgan fingerprint density at radius 3 is 2.81 bits per heavy atom. The molecule has 0 spiro atoms. The van der Waals surface area contributed by atoms with Crippen molar-refractivity contribution in [2.45, 2.75) is 55.4 Å². The topological polar surface area (TPSA) is 83.1 Å². The molecule has 2 heterocycles. The lowest BCUT2D eigenvalue weighted by molar-refractivity contribution is 0.00388. The van der Waals surface area contributed by atoms with Gasteiger partial charge in [0.2, 0.25) is 0 Å². The van der Waals surface area contributed by atoms with E-state index >= 15 is 0 Å². The summed E-state index contributed by atoms with van der Waals surface area (Å²) in [5, 5.41) is 7.23. The van der Waals surface area contributed by atoms with E-state index < -0.39 is 33.2 Å². The summed E-state index contributed by atoms with van der Waals surface area (Å²) >= 11 is 7.06. The van der Waals surface area contributed by atoms with Gasteiger partial charge in [0.05, 0.1) is 17.3 Å². The van der Waals surface area contributed by atoms with Crippen LogP contribution >= 0.6 is 22.9 Å². The number of rotatable bonds is 11. The van der Waals surface area contributed by atoms with Crippen LogP contribution in [0.15, 0.2) is 28.6 Å². The molecular weight excluding hydrogens is 473 g/mol. The molecule has 0 radical (unpaired) electrons. The van der Waals surface area contributed by atoms with Crippen molar-refractivity contribution in [2.24, 2.45) is 0 Å². The number of halogens is 4. The second-order valence-electron chi connectivity index (χ2n) is 7.45. The normalized spacial score (nSPS) is 17.1. The summed E-state index contributed by atoms with van der Waals surface area (Å²) < 4.78 is 69.7. The molecule has 31 heavy (non-hydrogen) atoms. The highest BCUT2D eigenvalue weighted by Crippen LogP contribution is 2.31. The third kappa shape index (κ3) is 6.96. The molecule has 1 aromatic heterocycles. The average Bonchev–Trinajstić information content (AvgIpc) is 3.39. The van der Waals surface area contributed by atoms with E-state index in [2.05, 4.69) is 20.3 Å². The van der Waals surface area contributed by atoms with Crippen LogP contribution in [-0.4, -0.2) is 38.5 Å². The van der Waals surface area contributed by atoms with E-state index in [1.165, 1.54) is 6.20 Å². The van der Waals surface area contributed by atoms with Gasteiger partial charge >= 0.3 is 0 Å². The number of anilines is 2. The molecule has 6 nitrogen and oxygen atoms in total. The van der Waals surface area contributed by atoms with Crippen LogP contribution in [0.25, 0.3) is 0 Å². The number of sulfonamides is 1. The van der Waals surface area contributed by atoms with E-state index in [1.807, 2.05) is 0 Å². The SMILES string of the molecule is O=S(=O)(Nc1nccs1)c1cc(Cl)c(NCC(F)(F)CCCC[C@@H]2CCCN2)cc1F. The van der Waals surface area contributed by atoms with Gasteiger partial charge in [0.15, 0.2) is 5.13 Å². The molecule has 172 valence electrons. The third-order valence-corrected chi connectivity index (χ3v) is 7.49. The molecule has 3 rings (SSSR count). The molecule has 1 aromatic carbocycles. The lowest BCUT2D eigenvalue weighted by Crippen LogP contribution is -2.27. The van der Waals surface area contributed by atoms with Gasteiger partial charge in [0, 0.05) is 24.0 Å². The van der Waals surface area contributed by atoms with Gasteiger partial charge in [-0.25, -0.2) is 26.6 Å². The number of nitrogens with one attached hydrogen (secondary N) is 3. The lowest BCUT2D eigenvalue weighted by Gasteiger charge is -2.19. The Bertz CT molecular complexity index is 969. The maximum absolute atomic E-state index is 14.4. The third-order valence-electron chi connectivity index (χ3n) is 5.01. The number of thiazole rings is 1. The summed E-state index contributed by atoms with van der Waals surface area (Å²) in [6.07, 6.45) is 5.29. The van der Waals surface area contributed by atoms with Crippen molar-refractivity contribution in [1.82, 2.24) is 10.3 Å². The zero-order valence-electron chi connectivity index (χ0n) is 16.6. The monoisotopic (exact) mass is 496 g/mol. The van der Waals surface area contributed by atoms with Gasteiger partial charge in [-0.15, -0.1) is 11.3 Å². The molecule has 0 amide bonds. The van der Waals surface area contributed by atoms with Crippen LogP contribution in [0.1, 0.15) is 38.5 Å². The number of unbranched alkanes of at least 4 members (excludes halogenated alkanes) is 1. The fourth-order valence-electron chi connectivity index (χ4n) is 3.40. The zero-order valence-corrected chi connectivity index (χ0v) is 19.0. The Labute approximate surface area is 188 Å². The van der Waals surface area contributed by atoms with Crippen molar-refractivity contribution in [2.75, 3.05) is 23.1 Å². The minimum atomic E-state index is -4.26. The van der Waals surface area contributed by atoms with Crippen LogP contribution in [0, 0.1) is 5.82 Å². The van der Waals surface area contributed by atoms with Crippen LogP contribution in [0.5, 0.6) is 0 Å². The van der Waals surface area contributed by atoms with Gasteiger partial charge in [0.25, 0.3) is 15.9 Å². The van der Waals surface area contributed by atoms with E-state index in [-0.39, 0.29) is 22.3 Å². The van der Waals surface area contributed by atoms with Crippen LogP contribution in [0.4, 0.5) is 24.0 Å². The predicted octanol–water partition coefficient (Wildman–Crippen LogP) is 5.10. The van der Waals surface area contributed by atoms with Crippen molar-refractivity contribution in [3.8, 4) is 0 Å². The molecule has 0 aliphatic carbocycles. The second kappa shape index (κ2) is 10.4. The van der Waals surface area contributed by atoms with Crippen molar-refractivity contribution in [3.63, 3.8) is 0 Å². The predicted molar refractivity (Wildman–Crippen MR) is 117 cm³/mol. The number of hydrogen-bond donors (Lipinski definition) is 3. The molecular formula is C19H24ClF3N4O2S2. The summed E-state index contributed by atoms with van der Waals surface area (Å²) in [6.45, 7) is 0.264. The smallest absolute Gasteiger partial charge is 0.266 e. The molecule has 0 bridgehead atoms. The first-order chi connectivity index (χ1) is 14.7. The van der Waals surface area contributed by atoms with Gasteiger partial charge in [-0.1, -0.05) is 18.0 Å². The zero-order chi connectivity index (χ0) is 22.5. The Morgan fingerprint density at radius 2 is 2.13 bits per heavy atom. The highest BCUT2D eigenvalue weighted by molar-refractivity contribution is 7.93. The standard InChI is InChI=1S/C19H24ClF3N4O2S2/c20-14-10-17(31(28,29)27-18-25-8-9-30-18)15(21)11-16(14)26-12-19(22,23)6-2-1-4-13-5-3-7-24-13/h8-11,13,24,26H,1-7,12H2,(H,25,27)/t13-/m1/s1. The number of alkyl halides is 2. The highest BCUT2D eigenvalue weighted by Gasteiger charge is 2.29. The molecule has 0 saturated carbocycles. The van der Waals surface area contributed by atoms with Gasteiger partial charge in [-0.05, 0) is 44.4 Å². The van der Waals surface area contributed by atoms with Crippen molar-refractivity contribution in [1.29, 1.82) is 0 Å². The summed E-state index contributed by atoms with van der Waals surface area (Å²) in [5.74, 6) is -4.11. The van der Waals surface area contributed by atoms with Gasteiger partial charge in [-0.2, -0.15) is 0 Å². The molecule has 0 unspecified atom stereocenters. The number of aromatic nitrogens is 1. The summed E-state index contributed by atoms with van der Waals surface area (Å²) in [5.41, 5.74) is -0.0952. The Balaban J connectivity index is 1.55. The number of benzene rings is 1. The largest absolute Gasteiger partial charge is 0.378 e. The fourth-order valence-corrected chi connectivity index (χ4v) is 5.57. The van der Waals surface area contributed by atoms with E-state index in [1.54, 1.807) is 5.38 Å². The van der Waals surface area contributed by atoms with Crippen LogP contribution in [0.2, 0.25) is 5.02 Å². The Morgan fingerprint density at radius 1 is 1.32 bits per heavy atom. The Kier molecular flexibility index (Phi) is 8.06. The first-order valence-electron chi connectivity index (χ1n) is 9.93. The maximum atomic E-state index is 14.4. The highest BCUT2D eigenvalue weighted by atomic mass is 35.5. The molecule has 1 aliphatic rings. The molecule has 1 atom stereocenters. The first kappa shape index (κ1) is 24.1. The Hall–Kier alpha value is -1.56. The molecule has 1 saturated heterocycles. The molecule has 12 heteroatoms. The summed E-state index contributed by atoms with van der Waals surface area (Å²) in [4.78, 5) is 3.09. The fraction of sp³-hybridized carbons (Fsp3) is 0.526. The number of nitrogens with zero attached hydrogens (tertiary/aromatic N) is 1. The van der Waals surface area contributed by atoms with E-state index in [0.717, 1.165) is 49.3 Å². The molecule has 1 fully saturated rings. The maximum Gasteiger partial charge on any atom is 0.266 e. The molecule has 3 N–H and O–H groups in total. The summed E-state index contributed by atoms with van der Waals surface area (Å²) in [7, 11) is -4.26. The van der Waals surface area contributed by atoms with E-state index in [4.69, 9.17) is 11.6 Å². The minimum Gasteiger partial charge on any atom is -0.378 e. The minimum absolute atomic E-state index is 0.0704. The van der Waals surface area contributed by atoms with Crippen molar-refractivity contribution in [3.05, 3.63) is 34.5 Å². The van der Waals surface area contributed by atoms with Gasteiger partial charge < -0.3 is 10.6 Å². The van der Waals surface area contributed by atoms with Crippen molar-refractivity contribution >= 4 is 43.8 Å². The van der Waals surface area contributed by atoms with Crippen LogP contribution < -0.4 is 15.4 Å². The average molecular weight is 497 g/mol. The quantitative estimate of drug-likeness (QED) is 0.377. The van der Waals surface area contributed by atoms with E-state index in [0.29, 0.717) is 18.9 Å². The van der Waals surface area contributed by atoms with E-state index in [9.17, 15) is 21.6 Å².